The standard InChI is InChI=1S/C84H161NO5/c1-3-5-7-9-11-13-15-17-19-21-41-46-50-54-58-62-66-70-74-78-84(89)90-79-75-71-67-63-59-55-51-47-43-40-38-36-34-32-30-28-26-24-22-23-25-27-29-31-33-35-37-39-42-45-49-53-57-61-65-69-73-77-83(88)85-81(80-86)82(87)76-72-68-64-60-56-52-48-44-20-18-16-14-12-10-8-6-4-2/h17,19,22,24,28,30,81-82,86-87H,3-16,18,20-21,23,25-27,29,31-80H2,1-2H3,(H,85,88)/b19-17-,24-22-,30-28-. The third-order valence-corrected chi connectivity index (χ3v) is 19.4. The Balaban J connectivity index is 3.35. The van der Waals surface area contributed by atoms with Gasteiger partial charge in [-0.05, 0) is 83.5 Å². The topological polar surface area (TPSA) is 95.9 Å². The van der Waals surface area contributed by atoms with E-state index in [-0.39, 0.29) is 18.5 Å². The molecule has 90 heavy (non-hydrogen) atoms. The van der Waals surface area contributed by atoms with Crippen molar-refractivity contribution in [1.29, 1.82) is 0 Å². The minimum absolute atomic E-state index is 0.0192. The molecular formula is C84H161NO5. The van der Waals surface area contributed by atoms with Crippen molar-refractivity contribution >= 4 is 11.9 Å². The van der Waals surface area contributed by atoms with Crippen LogP contribution < -0.4 is 5.32 Å². The first-order chi connectivity index (χ1) is 44.5. The van der Waals surface area contributed by atoms with Gasteiger partial charge in [0, 0.05) is 12.8 Å². The molecule has 0 aromatic heterocycles. The van der Waals surface area contributed by atoms with E-state index >= 15 is 0 Å². The van der Waals surface area contributed by atoms with Gasteiger partial charge in [0.2, 0.25) is 5.91 Å². The molecule has 0 aromatic rings. The Labute approximate surface area is 564 Å². The zero-order valence-corrected chi connectivity index (χ0v) is 61.1. The molecule has 6 heteroatoms. The number of rotatable bonds is 78. The van der Waals surface area contributed by atoms with E-state index < -0.39 is 12.1 Å². The van der Waals surface area contributed by atoms with Crippen LogP contribution in [0.1, 0.15) is 463 Å². The quantitative estimate of drug-likeness (QED) is 0.0320. The summed E-state index contributed by atoms with van der Waals surface area (Å²) in [7, 11) is 0. The molecule has 0 radical (unpaired) electrons. The summed E-state index contributed by atoms with van der Waals surface area (Å²) in [4.78, 5) is 24.7. The van der Waals surface area contributed by atoms with E-state index in [0.29, 0.717) is 25.9 Å². The van der Waals surface area contributed by atoms with Gasteiger partial charge >= 0.3 is 5.97 Å². The van der Waals surface area contributed by atoms with Crippen molar-refractivity contribution in [2.24, 2.45) is 0 Å². The van der Waals surface area contributed by atoms with E-state index in [4.69, 9.17) is 4.74 Å². The second-order valence-corrected chi connectivity index (χ2v) is 28.5. The molecule has 6 nitrogen and oxygen atoms in total. The van der Waals surface area contributed by atoms with Crippen molar-refractivity contribution in [3.05, 3.63) is 36.5 Å². The Bertz CT molecular complexity index is 1460. The van der Waals surface area contributed by atoms with Crippen molar-refractivity contribution in [2.45, 2.75) is 475 Å². The Hall–Kier alpha value is -1.92. The molecule has 0 bridgehead atoms. The van der Waals surface area contributed by atoms with Crippen LogP contribution in [0.25, 0.3) is 0 Å². The molecule has 2 atom stereocenters. The van der Waals surface area contributed by atoms with Gasteiger partial charge in [-0.15, -0.1) is 0 Å². The lowest BCUT2D eigenvalue weighted by Crippen LogP contribution is -2.45. The summed E-state index contributed by atoms with van der Waals surface area (Å²) in [6, 6.07) is -0.540. The van der Waals surface area contributed by atoms with E-state index in [9.17, 15) is 19.8 Å². The van der Waals surface area contributed by atoms with Crippen LogP contribution in [-0.2, 0) is 14.3 Å². The number of hydrogen-bond donors (Lipinski definition) is 3. The molecule has 532 valence electrons. The van der Waals surface area contributed by atoms with E-state index in [2.05, 4.69) is 55.6 Å². The zero-order chi connectivity index (χ0) is 64.9. The fourth-order valence-corrected chi connectivity index (χ4v) is 13.1. The van der Waals surface area contributed by atoms with Crippen LogP contribution in [0.4, 0.5) is 0 Å². The Morgan fingerprint density at radius 1 is 0.311 bits per heavy atom. The van der Waals surface area contributed by atoms with Crippen LogP contribution in [0.15, 0.2) is 36.5 Å². The second kappa shape index (κ2) is 79.5. The van der Waals surface area contributed by atoms with Gasteiger partial charge < -0.3 is 20.3 Å². The highest BCUT2D eigenvalue weighted by molar-refractivity contribution is 5.76. The number of unbranched alkanes of at least 4 members (excludes halogenated alkanes) is 61. The van der Waals surface area contributed by atoms with Crippen LogP contribution in [0.2, 0.25) is 0 Å². The van der Waals surface area contributed by atoms with Crippen molar-refractivity contribution < 1.29 is 24.5 Å². The van der Waals surface area contributed by atoms with E-state index in [1.807, 2.05) is 0 Å². The predicted molar refractivity (Wildman–Crippen MR) is 398 cm³/mol. The van der Waals surface area contributed by atoms with Gasteiger partial charge in [-0.25, -0.2) is 0 Å². The average molecular weight is 1270 g/mol. The van der Waals surface area contributed by atoms with Crippen LogP contribution in [0.3, 0.4) is 0 Å². The second-order valence-electron chi connectivity index (χ2n) is 28.5. The number of carbonyl (C=O) groups excluding carboxylic acids is 2. The van der Waals surface area contributed by atoms with Crippen molar-refractivity contribution in [3.63, 3.8) is 0 Å². The average Bonchev–Trinajstić information content (AvgIpc) is 3.60. The minimum atomic E-state index is -0.663. The lowest BCUT2D eigenvalue weighted by Gasteiger charge is -2.22. The van der Waals surface area contributed by atoms with Crippen LogP contribution >= 0.6 is 0 Å². The summed E-state index contributed by atoms with van der Waals surface area (Å²) < 4.78 is 5.52. The number of hydrogen-bond acceptors (Lipinski definition) is 5. The monoisotopic (exact) mass is 1260 g/mol. The fourth-order valence-electron chi connectivity index (χ4n) is 13.1. The maximum absolute atomic E-state index is 12.5. The largest absolute Gasteiger partial charge is 0.466 e. The maximum Gasteiger partial charge on any atom is 0.305 e. The summed E-state index contributed by atoms with van der Waals surface area (Å²) in [6.45, 7) is 5.00. The third kappa shape index (κ3) is 75.1. The summed E-state index contributed by atoms with van der Waals surface area (Å²) >= 11 is 0. The third-order valence-electron chi connectivity index (χ3n) is 19.4. The highest BCUT2D eigenvalue weighted by Crippen LogP contribution is 2.20. The molecule has 2 unspecified atom stereocenters. The SMILES string of the molecule is CCCCCCCC/C=C\CCCCCCCCCCCC(=O)OCCCCCCCCCCCCCCC/C=C\C/C=C\CCCCCCCCCCCCCCCCCCCC(=O)NC(CO)C(O)CCCCCCCCCCCCCCCCCCC. The number of carbonyl (C=O) groups is 2. The zero-order valence-electron chi connectivity index (χ0n) is 61.1. The van der Waals surface area contributed by atoms with Gasteiger partial charge in [-0.1, -0.05) is 403 Å². The molecule has 0 saturated heterocycles. The summed E-state index contributed by atoms with van der Waals surface area (Å²) in [5, 5.41) is 23.4. The molecule has 0 saturated carbocycles. The molecule has 0 aliphatic carbocycles. The number of allylic oxidation sites excluding steroid dienone is 6. The lowest BCUT2D eigenvalue weighted by atomic mass is 10.0. The van der Waals surface area contributed by atoms with Crippen LogP contribution in [-0.4, -0.2) is 47.4 Å². The highest BCUT2D eigenvalue weighted by atomic mass is 16.5. The Kier molecular flexibility index (Phi) is 77.8. The molecule has 0 spiro atoms. The molecular weight excluding hydrogens is 1100 g/mol. The van der Waals surface area contributed by atoms with Gasteiger partial charge in [0.15, 0.2) is 0 Å². The van der Waals surface area contributed by atoms with Crippen molar-refractivity contribution in [3.8, 4) is 0 Å². The molecule has 0 fully saturated rings. The van der Waals surface area contributed by atoms with Crippen LogP contribution in [0.5, 0.6) is 0 Å². The molecule has 3 N–H and O–H groups in total. The van der Waals surface area contributed by atoms with Gasteiger partial charge in [-0.3, -0.25) is 9.59 Å². The molecule has 0 heterocycles. The normalized spacial score (nSPS) is 12.6. The lowest BCUT2D eigenvalue weighted by molar-refractivity contribution is -0.143. The first kappa shape index (κ1) is 88.1. The van der Waals surface area contributed by atoms with Crippen molar-refractivity contribution in [1.82, 2.24) is 5.32 Å². The number of aliphatic hydroxyl groups is 2. The highest BCUT2D eigenvalue weighted by Gasteiger charge is 2.20. The first-order valence-corrected chi connectivity index (χ1v) is 41.2. The fraction of sp³-hybridized carbons (Fsp3) is 0.905. The Morgan fingerprint density at radius 2 is 0.556 bits per heavy atom. The number of nitrogens with one attached hydrogen (secondary N) is 1. The van der Waals surface area contributed by atoms with Gasteiger partial charge in [0.1, 0.15) is 0 Å². The first-order valence-electron chi connectivity index (χ1n) is 41.2. The van der Waals surface area contributed by atoms with Crippen molar-refractivity contribution in [2.75, 3.05) is 13.2 Å². The summed E-state index contributed by atoms with van der Waals surface area (Å²) in [5.41, 5.74) is 0. The number of ether oxygens (including phenoxy) is 1. The molecule has 0 aliphatic rings. The number of aliphatic hydroxyl groups excluding tert-OH is 2. The van der Waals surface area contributed by atoms with E-state index in [1.54, 1.807) is 0 Å². The maximum atomic E-state index is 12.5. The van der Waals surface area contributed by atoms with Crippen LogP contribution in [0, 0.1) is 0 Å². The smallest absolute Gasteiger partial charge is 0.305 e. The molecule has 0 aromatic carbocycles. The molecule has 0 aliphatic heterocycles. The minimum Gasteiger partial charge on any atom is -0.466 e. The van der Waals surface area contributed by atoms with E-state index in [0.717, 1.165) is 44.9 Å². The van der Waals surface area contributed by atoms with Gasteiger partial charge in [0.05, 0.1) is 25.4 Å². The number of amides is 1. The van der Waals surface area contributed by atoms with Gasteiger partial charge in [0.25, 0.3) is 0 Å². The van der Waals surface area contributed by atoms with Gasteiger partial charge in [-0.2, -0.15) is 0 Å². The Morgan fingerprint density at radius 3 is 0.856 bits per heavy atom. The summed E-state index contributed by atoms with van der Waals surface area (Å²) in [6.07, 6.45) is 104. The molecule has 0 rings (SSSR count). The number of esters is 1. The van der Waals surface area contributed by atoms with E-state index in [1.165, 1.54) is 385 Å². The predicted octanol–water partition coefficient (Wildman–Crippen LogP) is 27.4. The summed E-state index contributed by atoms with van der Waals surface area (Å²) in [5.74, 6) is -0.00893. The molecule has 1 amide bonds.